The minimum absolute atomic E-state index is 0.0675. The maximum atomic E-state index is 10.2. The maximum Gasteiger partial charge on any atom is 0.110 e. The Balaban J connectivity index is 1.81. The molecule has 0 saturated carbocycles. The van der Waals surface area contributed by atoms with Crippen molar-refractivity contribution in [1.82, 2.24) is 4.98 Å². The molecule has 1 aromatic carbocycles. The van der Waals surface area contributed by atoms with Crippen LogP contribution in [-0.2, 0) is 6.42 Å². The van der Waals surface area contributed by atoms with Crippen LogP contribution in [0.3, 0.4) is 0 Å². The molecule has 82 valence electrons. The Morgan fingerprint density at radius 3 is 3.06 bits per heavy atom. The Morgan fingerprint density at radius 1 is 1.44 bits per heavy atom. The number of para-hydroxylation sites is 1. The lowest BCUT2D eigenvalue weighted by molar-refractivity contribution is 0.160. The highest BCUT2D eigenvalue weighted by atomic mass is 32.1. The normalized spacial score (nSPS) is 20.2. The second-order valence-corrected chi connectivity index (χ2v) is 4.88. The van der Waals surface area contributed by atoms with E-state index in [-0.39, 0.29) is 6.04 Å². The molecule has 1 aromatic heterocycles. The first-order chi connectivity index (χ1) is 7.84. The van der Waals surface area contributed by atoms with Crippen molar-refractivity contribution >= 4 is 17.0 Å². The van der Waals surface area contributed by atoms with E-state index < -0.39 is 6.10 Å². The molecule has 16 heavy (non-hydrogen) atoms. The van der Waals surface area contributed by atoms with Gasteiger partial charge in [0.1, 0.15) is 6.10 Å². The minimum Gasteiger partial charge on any atom is -0.385 e. The number of nitrogens with zero attached hydrogens (tertiary/aromatic N) is 1. The Bertz CT molecular complexity index is 459. The molecule has 3 rings (SSSR count). The lowest BCUT2D eigenvalue weighted by Gasteiger charge is -2.17. The van der Waals surface area contributed by atoms with Gasteiger partial charge in [-0.15, -0.1) is 11.3 Å². The summed E-state index contributed by atoms with van der Waals surface area (Å²) in [5, 5.41) is 13.5. The lowest BCUT2D eigenvalue weighted by Crippen LogP contribution is -2.24. The highest BCUT2D eigenvalue weighted by Crippen LogP contribution is 2.32. The molecule has 2 heterocycles. The van der Waals surface area contributed by atoms with Gasteiger partial charge in [-0.1, -0.05) is 18.2 Å². The fraction of sp³-hybridized carbons (Fsp3) is 0.250. The van der Waals surface area contributed by atoms with E-state index in [2.05, 4.69) is 22.4 Å². The largest absolute Gasteiger partial charge is 0.385 e. The zero-order chi connectivity index (χ0) is 11.0. The number of hydrogen-bond donors (Lipinski definition) is 2. The van der Waals surface area contributed by atoms with Crippen molar-refractivity contribution in [3.63, 3.8) is 0 Å². The van der Waals surface area contributed by atoms with E-state index >= 15 is 0 Å². The number of aromatic nitrogens is 1. The molecule has 0 spiro atoms. The van der Waals surface area contributed by atoms with Gasteiger partial charge < -0.3 is 10.4 Å². The molecule has 2 aromatic rings. The zero-order valence-electron chi connectivity index (χ0n) is 8.63. The second kappa shape index (κ2) is 3.88. The number of hydrogen-bond acceptors (Lipinski definition) is 4. The molecule has 2 unspecified atom stereocenters. The van der Waals surface area contributed by atoms with Crippen LogP contribution in [-0.4, -0.2) is 16.1 Å². The van der Waals surface area contributed by atoms with Gasteiger partial charge in [-0.25, -0.2) is 0 Å². The van der Waals surface area contributed by atoms with E-state index in [1.165, 1.54) is 16.9 Å². The average molecular weight is 232 g/mol. The Morgan fingerprint density at radius 2 is 2.31 bits per heavy atom. The quantitative estimate of drug-likeness (QED) is 0.834. The molecule has 0 aliphatic carbocycles. The molecule has 4 heteroatoms. The first-order valence-electron chi connectivity index (χ1n) is 5.25. The lowest BCUT2D eigenvalue weighted by atomic mass is 10.1. The number of rotatable bonds is 2. The first-order valence-corrected chi connectivity index (χ1v) is 6.13. The number of benzene rings is 1. The van der Waals surface area contributed by atoms with Crippen LogP contribution in [0, 0.1) is 0 Å². The van der Waals surface area contributed by atoms with Crippen LogP contribution in [0.5, 0.6) is 0 Å². The average Bonchev–Trinajstić information content (AvgIpc) is 2.97. The van der Waals surface area contributed by atoms with Gasteiger partial charge in [0.05, 0.1) is 16.4 Å². The summed E-state index contributed by atoms with van der Waals surface area (Å²) in [6.45, 7) is 0. The highest BCUT2D eigenvalue weighted by Gasteiger charge is 2.28. The van der Waals surface area contributed by atoms with Crippen LogP contribution in [0.2, 0.25) is 0 Å². The number of nitrogens with one attached hydrogen (secondary N) is 1. The third-order valence-corrected chi connectivity index (χ3v) is 3.77. The van der Waals surface area contributed by atoms with Crippen molar-refractivity contribution in [3.8, 4) is 0 Å². The van der Waals surface area contributed by atoms with E-state index in [0.717, 1.165) is 17.0 Å². The van der Waals surface area contributed by atoms with E-state index in [4.69, 9.17) is 0 Å². The van der Waals surface area contributed by atoms with Crippen LogP contribution >= 0.6 is 11.3 Å². The number of fused-ring (bicyclic) bond motifs is 1. The van der Waals surface area contributed by atoms with Crippen molar-refractivity contribution in [1.29, 1.82) is 0 Å². The molecule has 0 saturated heterocycles. The molecule has 0 radical (unpaired) electrons. The fourth-order valence-corrected chi connectivity index (χ4v) is 2.76. The van der Waals surface area contributed by atoms with Crippen LogP contribution in [0.4, 0.5) is 5.69 Å². The summed E-state index contributed by atoms with van der Waals surface area (Å²) in [6.07, 6.45) is 2.13. The Labute approximate surface area is 97.8 Å². The van der Waals surface area contributed by atoms with Crippen LogP contribution in [0.15, 0.2) is 36.0 Å². The summed E-state index contributed by atoms with van der Waals surface area (Å²) in [5.41, 5.74) is 4.16. The van der Waals surface area contributed by atoms with Gasteiger partial charge in [0.25, 0.3) is 0 Å². The van der Waals surface area contributed by atoms with Crippen molar-refractivity contribution < 1.29 is 5.11 Å². The third-order valence-electron chi connectivity index (χ3n) is 2.92. The SMILES string of the molecule is OC(c1cncs1)C1Cc2ccccc2N1. The Hall–Kier alpha value is -1.39. The van der Waals surface area contributed by atoms with E-state index in [0.29, 0.717) is 0 Å². The predicted molar refractivity (Wildman–Crippen MR) is 64.6 cm³/mol. The second-order valence-electron chi connectivity index (χ2n) is 3.96. The molecule has 3 nitrogen and oxygen atoms in total. The summed E-state index contributed by atoms with van der Waals surface area (Å²) < 4.78 is 0. The molecular weight excluding hydrogens is 220 g/mol. The van der Waals surface area contributed by atoms with Gasteiger partial charge in [-0.2, -0.15) is 0 Å². The van der Waals surface area contributed by atoms with Crippen molar-refractivity contribution in [2.45, 2.75) is 18.6 Å². The zero-order valence-corrected chi connectivity index (χ0v) is 9.45. The van der Waals surface area contributed by atoms with Crippen LogP contribution in [0.25, 0.3) is 0 Å². The van der Waals surface area contributed by atoms with E-state index in [1.54, 1.807) is 11.7 Å². The maximum absolute atomic E-state index is 10.2. The number of thiazole rings is 1. The Kier molecular flexibility index (Phi) is 2.38. The molecule has 0 amide bonds. The summed E-state index contributed by atoms with van der Waals surface area (Å²) >= 11 is 1.50. The molecule has 1 aliphatic heterocycles. The summed E-state index contributed by atoms with van der Waals surface area (Å²) in [6, 6.07) is 8.25. The number of aliphatic hydroxyl groups excluding tert-OH is 1. The number of anilines is 1. The van der Waals surface area contributed by atoms with Gasteiger partial charge in [0.2, 0.25) is 0 Å². The molecule has 0 bridgehead atoms. The first kappa shape index (κ1) is 9.81. The monoisotopic (exact) mass is 232 g/mol. The van der Waals surface area contributed by atoms with Crippen molar-refractivity contribution in [3.05, 3.63) is 46.4 Å². The molecule has 2 N–H and O–H groups in total. The third kappa shape index (κ3) is 1.60. The topological polar surface area (TPSA) is 45.2 Å². The van der Waals surface area contributed by atoms with Crippen LogP contribution in [0.1, 0.15) is 16.5 Å². The number of aliphatic hydroxyl groups is 1. The molecular formula is C12H12N2OS. The van der Waals surface area contributed by atoms with E-state index in [1.807, 2.05) is 12.1 Å². The standard InChI is InChI=1S/C12H12N2OS/c15-12(11-6-13-7-16-11)10-5-8-3-1-2-4-9(8)14-10/h1-4,6-7,10,12,14-15H,5H2. The van der Waals surface area contributed by atoms with Gasteiger partial charge in [-0.05, 0) is 18.1 Å². The molecule has 1 aliphatic rings. The van der Waals surface area contributed by atoms with Crippen molar-refractivity contribution in [2.75, 3.05) is 5.32 Å². The van der Waals surface area contributed by atoms with Gasteiger partial charge >= 0.3 is 0 Å². The summed E-state index contributed by atoms with van der Waals surface area (Å²) in [5.74, 6) is 0. The van der Waals surface area contributed by atoms with Gasteiger partial charge in [-0.3, -0.25) is 4.98 Å². The fourth-order valence-electron chi connectivity index (χ4n) is 2.09. The van der Waals surface area contributed by atoms with Crippen molar-refractivity contribution in [2.24, 2.45) is 0 Å². The van der Waals surface area contributed by atoms with Gasteiger partial charge in [0.15, 0.2) is 0 Å². The van der Waals surface area contributed by atoms with E-state index in [9.17, 15) is 5.11 Å². The van der Waals surface area contributed by atoms with Gasteiger partial charge in [0, 0.05) is 11.9 Å². The summed E-state index contributed by atoms with van der Waals surface area (Å²) in [4.78, 5) is 4.92. The summed E-state index contributed by atoms with van der Waals surface area (Å²) in [7, 11) is 0. The predicted octanol–water partition coefficient (Wildman–Crippen LogP) is 2.21. The van der Waals surface area contributed by atoms with Crippen LogP contribution < -0.4 is 5.32 Å². The molecule has 2 atom stereocenters. The smallest absolute Gasteiger partial charge is 0.110 e. The highest BCUT2D eigenvalue weighted by molar-refractivity contribution is 7.09. The minimum atomic E-state index is -0.472. The molecule has 0 fully saturated rings.